The van der Waals surface area contributed by atoms with E-state index in [1.54, 1.807) is 0 Å². The van der Waals surface area contributed by atoms with Crippen LogP contribution < -0.4 is 5.32 Å². The van der Waals surface area contributed by atoms with Crippen molar-refractivity contribution in [2.45, 2.75) is 57.6 Å². The molecule has 2 unspecified atom stereocenters. The number of ether oxygens (including phenoxy) is 2. The van der Waals surface area contributed by atoms with Gasteiger partial charge in [0, 0.05) is 32.9 Å². The zero-order valence-electron chi connectivity index (χ0n) is 11.3. The first kappa shape index (κ1) is 13.3. The lowest BCUT2D eigenvalue weighted by Gasteiger charge is -2.37. The Balaban J connectivity index is 1.73. The number of hydrogen-bond donors (Lipinski definition) is 1. The summed E-state index contributed by atoms with van der Waals surface area (Å²) in [6.45, 7) is 5.39. The number of rotatable bonds is 4. The van der Waals surface area contributed by atoms with E-state index in [1.165, 1.54) is 38.5 Å². The van der Waals surface area contributed by atoms with Crippen LogP contribution in [0.15, 0.2) is 0 Å². The zero-order valence-corrected chi connectivity index (χ0v) is 11.3. The Bertz CT molecular complexity index is 226. The van der Waals surface area contributed by atoms with E-state index >= 15 is 0 Å². The number of nitrogens with one attached hydrogen (secondary N) is 1. The largest absolute Gasteiger partial charge is 0.381 e. The van der Waals surface area contributed by atoms with Gasteiger partial charge in [0.1, 0.15) is 0 Å². The summed E-state index contributed by atoms with van der Waals surface area (Å²) >= 11 is 0. The van der Waals surface area contributed by atoms with Gasteiger partial charge in [-0.3, -0.25) is 0 Å². The highest BCUT2D eigenvalue weighted by atomic mass is 16.5. The minimum atomic E-state index is 0.443. The molecule has 0 bridgehead atoms. The van der Waals surface area contributed by atoms with Crippen molar-refractivity contribution in [3.8, 4) is 0 Å². The summed E-state index contributed by atoms with van der Waals surface area (Å²) in [7, 11) is 1.84. The molecule has 2 atom stereocenters. The lowest BCUT2D eigenvalue weighted by molar-refractivity contribution is 0.0180. The zero-order chi connectivity index (χ0) is 12.1. The quantitative estimate of drug-likeness (QED) is 0.819. The van der Waals surface area contributed by atoms with Crippen LogP contribution in [0.5, 0.6) is 0 Å². The molecule has 0 radical (unpaired) electrons. The third kappa shape index (κ3) is 3.94. The molecule has 0 aromatic rings. The van der Waals surface area contributed by atoms with Crippen molar-refractivity contribution in [1.29, 1.82) is 0 Å². The second-order valence-electron chi connectivity index (χ2n) is 6.03. The van der Waals surface area contributed by atoms with Crippen LogP contribution >= 0.6 is 0 Å². The Morgan fingerprint density at radius 3 is 2.76 bits per heavy atom. The average Bonchev–Trinajstić information content (AvgIpc) is 2.38. The maximum atomic E-state index is 5.48. The lowest BCUT2D eigenvalue weighted by atomic mass is 9.81. The topological polar surface area (TPSA) is 30.5 Å². The van der Waals surface area contributed by atoms with Crippen LogP contribution in [0.2, 0.25) is 0 Å². The fraction of sp³-hybridized carbons (Fsp3) is 1.00. The van der Waals surface area contributed by atoms with Crippen molar-refractivity contribution >= 4 is 0 Å². The molecule has 0 amide bonds. The summed E-state index contributed by atoms with van der Waals surface area (Å²) in [4.78, 5) is 0. The second-order valence-corrected chi connectivity index (χ2v) is 6.03. The normalized spacial score (nSPS) is 33.5. The molecular weight excluding hydrogens is 214 g/mol. The Labute approximate surface area is 105 Å². The van der Waals surface area contributed by atoms with Crippen molar-refractivity contribution in [3.05, 3.63) is 0 Å². The van der Waals surface area contributed by atoms with E-state index in [0.29, 0.717) is 17.6 Å². The Morgan fingerprint density at radius 2 is 2.06 bits per heavy atom. The third-order valence-corrected chi connectivity index (χ3v) is 4.48. The van der Waals surface area contributed by atoms with Crippen LogP contribution in [-0.2, 0) is 9.47 Å². The van der Waals surface area contributed by atoms with E-state index in [-0.39, 0.29) is 0 Å². The molecule has 2 aliphatic rings. The highest BCUT2D eigenvalue weighted by Crippen LogP contribution is 2.29. The standard InChI is InChI=1S/C14H27NO2/c1-14(6-8-17-9-7-14)11-15-12-4-3-5-13(10-12)16-2/h12-13,15H,3-11H2,1-2H3. The van der Waals surface area contributed by atoms with Gasteiger partial charge in [-0.05, 0) is 43.9 Å². The van der Waals surface area contributed by atoms with E-state index in [2.05, 4.69) is 12.2 Å². The van der Waals surface area contributed by atoms with Gasteiger partial charge in [0.15, 0.2) is 0 Å². The summed E-state index contributed by atoms with van der Waals surface area (Å²) < 4.78 is 10.9. The Kier molecular flexibility index (Phi) is 4.83. The van der Waals surface area contributed by atoms with Crippen LogP contribution in [0, 0.1) is 5.41 Å². The van der Waals surface area contributed by atoms with E-state index in [0.717, 1.165) is 19.8 Å². The van der Waals surface area contributed by atoms with Crippen LogP contribution in [-0.4, -0.2) is 39.0 Å². The molecule has 17 heavy (non-hydrogen) atoms. The molecule has 3 nitrogen and oxygen atoms in total. The Morgan fingerprint density at radius 1 is 1.29 bits per heavy atom. The molecule has 1 saturated carbocycles. The Hall–Kier alpha value is -0.120. The highest BCUT2D eigenvalue weighted by Gasteiger charge is 2.29. The van der Waals surface area contributed by atoms with Crippen molar-refractivity contribution in [3.63, 3.8) is 0 Å². The third-order valence-electron chi connectivity index (χ3n) is 4.48. The molecule has 0 spiro atoms. The van der Waals surface area contributed by atoms with Crippen molar-refractivity contribution in [2.75, 3.05) is 26.9 Å². The van der Waals surface area contributed by atoms with Gasteiger partial charge >= 0.3 is 0 Å². The predicted molar refractivity (Wildman–Crippen MR) is 69.2 cm³/mol. The molecule has 2 rings (SSSR count). The fourth-order valence-corrected chi connectivity index (χ4v) is 2.98. The van der Waals surface area contributed by atoms with Gasteiger partial charge in [-0.1, -0.05) is 6.92 Å². The minimum Gasteiger partial charge on any atom is -0.381 e. The minimum absolute atomic E-state index is 0.443. The molecule has 1 saturated heterocycles. The highest BCUT2D eigenvalue weighted by molar-refractivity contribution is 4.84. The molecule has 100 valence electrons. The summed E-state index contributed by atoms with van der Waals surface area (Å²) in [5.74, 6) is 0. The van der Waals surface area contributed by atoms with E-state index < -0.39 is 0 Å². The molecule has 1 N–H and O–H groups in total. The van der Waals surface area contributed by atoms with E-state index in [4.69, 9.17) is 9.47 Å². The van der Waals surface area contributed by atoms with E-state index in [1.807, 2.05) is 7.11 Å². The summed E-state index contributed by atoms with van der Waals surface area (Å²) in [5, 5.41) is 3.76. The van der Waals surface area contributed by atoms with Crippen LogP contribution in [0.1, 0.15) is 45.4 Å². The summed E-state index contributed by atoms with van der Waals surface area (Å²) in [5.41, 5.74) is 0.443. The van der Waals surface area contributed by atoms with Crippen LogP contribution in [0.3, 0.4) is 0 Å². The fourth-order valence-electron chi connectivity index (χ4n) is 2.98. The lowest BCUT2D eigenvalue weighted by Crippen LogP contribution is -2.44. The molecule has 1 aliphatic heterocycles. The van der Waals surface area contributed by atoms with Gasteiger partial charge in [0.2, 0.25) is 0 Å². The van der Waals surface area contributed by atoms with Gasteiger partial charge in [0.05, 0.1) is 6.10 Å². The monoisotopic (exact) mass is 241 g/mol. The van der Waals surface area contributed by atoms with Crippen LogP contribution in [0.25, 0.3) is 0 Å². The number of methoxy groups -OCH3 is 1. The van der Waals surface area contributed by atoms with Gasteiger partial charge in [0.25, 0.3) is 0 Å². The first-order chi connectivity index (χ1) is 8.22. The molecule has 3 heteroatoms. The van der Waals surface area contributed by atoms with E-state index in [9.17, 15) is 0 Å². The predicted octanol–water partition coefficient (Wildman–Crippen LogP) is 2.35. The average molecular weight is 241 g/mol. The summed E-state index contributed by atoms with van der Waals surface area (Å²) in [6, 6.07) is 0.661. The van der Waals surface area contributed by atoms with Gasteiger partial charge < -0.3 is 14.8 Å². The molecule has 1 heterocycles. The smallest absolute Gasteiger partial charge is 0.0586 e. The molecule has 2 fully saturated rings. The van der Waals surface area contributed by atoms with Gasteiger partial charge in [-0.25, -0.2) is 0 Å². The molecule has 0 aromatic heterocycles. The van der Waals surface area contributed by atoms with Crippen molar-refractivity contribution in [2.24, 2.45) is 5.41 Å². The summed E-state index contributed by atoms with van der Waals surface area (Å²) in [6.07, 6.45) is 7.90. The SMILES string of the molecule is COC1CCCC(NCC2(C)CCOCC2)C1. The maximum absolute atomic E-state index is 5.48. The van der Waals surface area contributed by atoms with Crippen LogP contribution in [0.4, 0.5) is 0 Å². The van der Waals surface area contributed by atoms with Gasteiger partial charge in [-0.15, -0.1) is 0 Å². The van der Waals surface area contributed by atoms with Gasteiger partial charge in [-0.2, -0.15) is 0 Å². The van der Waals surface area contributed by atoms with Crippen molar-refractivity contribution in [1.82, 2.24) is 5.32 Å². The molecule has 0 aromatic carbocycles. The molecular formula is C14H27NO2. The first-order valence-electron chi connectivity index (χ1n) is 7.06. The maximum Gasteiger partial charge on any atom is 0.0586 e. The second kappa shape index (κ2) is 6.17. The van der Waals surface area contributed by atoms with Crippen molar-refractivity contribution < 1.29 is 9.47 Å². The molecule has 1 aliphatic carbocycles. The first-order valence-corrected chi connectivity index (χ1v) is 7.06. The number of hydrogen-bond acceptors (Lipinski definition) is 3.